The maximum Gasteiger partial charge on any atom is 0.193 e. The molecule has 0 saturated heterocycles. The van der Waals surface area contributed by atoms with E-state index in [1.165, 1.54) is 0 Å². The number of hydrogen-bond donors (Lipinski definition) is 2. The Morgan fingerprint density at radius 3 is 2.84 bits per heavy atom. The van der Waals surface area contributed by atoms with Crippen LogP contribution in [0, 0.1) is 0 Å². The molecule has 0 radical (unpaired) electrons. The predicted molar refractivity (Wildman–Crippen MR) is 75.0 cm³/mol. The Morgan fingerprint density at radius 1 is 1.53 bits per heavy atom. The van der Waals surface area contributed by atoms with E-state index in [9.17, 15) is 5.11 Å². The molecular formula is C14H23N3O2. The summed E-state index contributed by atoms with van der Waals surface area (Å²) < 4.78 is 5.32. The van der Waals surface area contributed by atoms with Crippen LogP contribution < -0.4 is 5.32 Å². The first-order valence-electron chi connectivity index (χ1n) is 6.79. The van der Waals surface area contributed by atoms with Crippen molar-refractivity contribution in [3.63, 3.8) is 0 Å². The van der Waals surface area contributed by atoms with Gasteiger partial charge >= 0.3 is 0 Å². The summed E-state index contributed by atoms with van der Waals surface area (Å²) in [7, 11) is 3.70. The maximum atomic E-state index is 10.3. The molecule has 1 aliphatic carbocycles. The largest absolute Gasteiger partial charge is 0.467 e. The van der Waals surface area contributed by atoms with Crippen LogP contribution in [0.15, 0.2) is 27.8 Å². The van der Waals surface area contributed by atoms with Crippen LogP contribution in [-0.4, -0.2) is 42.2 Å². The first-order valence-corrected chi connectivity index (χ1v) is 6.79. The van der Waals surface area contributed by atoms with Gasteiger partial charge in [-0.2, -0.15) is 0 Å². The summed E-state index contributed by atoms with van der Waals surface area (Å²) in [5.74, 6) is 1.67. The van der Waals surface area contributed by atoms with E-state index in [-0.39, 0.29) is 0 Å². The van der Waals surface area contributed by atoms with Gasteiger partial charge in [0.05, 0.1) is 18.4 Å². The van der Waals surface area contributed by atoms with E-state index in [4.69, 9.17) is 4.42 Å². The van der Waals surface area contributed by atoms with E-state index >= 15 is 0 Å². The average molecular weight is 265 g/mol. The summed E-state index contributed by atoms with van der Waals surface area (Å²) >= 11 is 0. The molecule has 0 aromatic carbocycles. The number of rotatable bonds is 4. The third-order valence-corrected chi connectivity index (χ3v) is 3.66. The number of guanidine groups is 1. The van der Waals surface area contributed by atoms with Gasteiger partial charge in [0, 0.05) is 20.6 Å². The standard InChI is InChI=1S/C14H23N3O2/c1-15-13(16-11-14(18)7-3-4-8-14)17(2)10-12-6-5-9-19-12/h5-6,9,18H,3-4,7-8,10-11H2,1-2H3,(H,15,16). The average Bonchev–Trinajstić information content (AvgIpc) is 3.02. The lowest BCUT2D eigenvalue weighted by Gasteiger charge is -2.27. The van der Waals surface area contributed by atoms with Crippen molar-refractivity contribution in [2.75, 3.05) is 20.6 Å². The second kappa shape index (κ2) is 6.10. The number of nitrogens with one attached hydrogen (secondary N) is 1. The summed E-state index contributed by atoms with van der Waals surface area (Å²) in [5.41, 5.74) is -0.568. The van der Waals surface area contributed by atoms with Crippen molar-refractivity contribution in [2.24, 2.45) is 4.99 Å². The first kappa shape index (κ1) is 13.9. The number of aliphatic hydroxyl groups is 1. The number of aliphatic imine (C=N–C) groups is 1. The molecule has 1 fully saturated rings. The van der Waals surface area contributed by atoms with E-state index < -0.39 is 5.60 Å². The number of nitrogens with zero attached hydrogens (tertiary/aromatic N) is 2. The molecule has 1 saturated carbocycles. The Hall–Kier alpha value is -1.49. The Bertz CT molecular complexity index is 408. The highest BCUT2D eigenvalue weighted by Gasteiger charge is 2.31. The molecule has 0 unspecified atom stereocenters. The zero-order valence-corrected chi connectivity index (χ0v) is 11.7. The van der Waals surface area contributed by atoms with Crippen LogP contribution >= 0.6 is 0 Å². The van der Waals surface area contributed by atoms with Crippen LogP contribution in [0.4, 0.5) is 0 Å². The van der Waals surface area contributed by atoms with Gasteiger partial charge in [0.15, 0.2) is 5.96 Å². The normalized spacial score (nSPS) is 18.6. The summed E-state index contributed by atoms with van der Waals surface area (Å²) in [5, 5.41) is 13.6. The molecule has 2 rings (SSSR count). The quantitative estimate of drug-likeness (QED) is 0.641. The van der Waals surface area contributed by atoms with Gasteiger partial charge < -0.3 is 19.7 Å². The molecule has 0 atom stereocenters. The molecule has 19 heavy (non-hydrogen) atoms. The molecule has 0 bridgehead atoms. The first-order chi connectivity index (χ1) is 9.13. The lowest BCUT2D eigenvalue weighted by molar-refractivity contribution is 0.0516. The second-order valence-electron chi connectivity index (χ2n) is 5.27. The Balaban J connectivity index is 1.85. The summed E-state index contributed by atoms with van der Waals surface area (Å²) in [6.45, 7) is 1.22. The van der Waals surface area contributed by atoms with Crippen molar-refractivity contribution >= 4 is 5.96 Å². The summed E-state index contributed by atoms with van der Waals surface area (Å²) in [6, 6.07) is 3.81. The smallest absolute Gasteiger partial charge is 0.193 e. The van der Waals surface area contributed by atoms with Gasteiger partial charge in [-0.25, -0.2) is 0 Å². The van der Waals surface area contributed by atoms with Crippen LogP contribution in [0.2, 0.25) is 0 Å². The van der Waals surface area contributed by atoms with E-state index in [1.54, 1.807) is 13.3 Å². The van der Waals surface area contributed by atoms with Crippen LogP contribution in [0.3, 0.4) is 0 Å². The molecule has 1 aromatic rings. The minimum atomic E-state index is -0.568. The second-order valence-corrected chi connectivity index (χ2v) is 5.27. The minimum Gasteiger partial charge on any atom is -0.467 e. The van der Waals surface area contributed by atoms with Gasteiger partial charge in [0.1, 0.15) is 5.76 Å². The third-order valence-electron chi connectivity index (χ3n) is 3.66. The molecule has 106 valence electrons. The fourth-order valence-electron chi connectivity index (χ4n) is 2.55. The number of furan rings is 1. The summed E-state index contributed by atoms with van der Waals surface area (Å²) in [6.07, 6.45) is 5.64. The van der Waals surface area contributed by atoms with Gasteiger partial charge in [0.2, 0.25) is 0 Å². The van der Waals surface area contributed by atoms with Gasteiger partial charge in [-0.15, -0.1) is 0 Å². The molecule has 1 aliphatic rings. The highest BCUT2D eigenvalue weighted by molar-refractivity contribution is 5.79. The van der Waals surface area contributed by atoms with Crippen LogP contribution in [0.5, 0.6) is 0 Å². The topological polar surface area (TPSA) is 61.0 Å². The van der Waals surface area contributed by atoms with Gasteiger partial charge in [-0.05, 0) is 25.0 Å². The third kappa shape index (κ3) is 3.73. The molecule has 1 heterocycles. The van der Waals surface area contributed by atoms with Crippen molar-refractivity contribution in [1.29, 1.82) is 0 Å². The van der Waals surface area contributed by atoms with Gasteiger partial charge in [-0.3, -0.25) is 4.99 Å². The lowest BCUT2D eigenvalue weighted by Crippen LogP contribution is -2.46. The summed E-state index contributed by atoms with van der Waals surface area (Å²) in [4.78, 5) is 6.22. The van der Waals surface area contributed by atoms with Crippen LogP contribution in [0.1, 0.15) is 31.4 Å². The highest BCUT2D eigenvalue weighted by Crippen LogP contribution is 2.28. The van der Waals surface area contributed by atoms with Gasteiger partial charge in [-0.1, -0.05) is 12.8 Å². The van der Waals surface area contributed by atoms with Crippen molar-refractivity contribution < 1.29 is 9.52 Å². The Morgan fingerprint density at radius 2 is 2.26 bits per heavy atom. The van der Waals surface area contributed by atoms with Crippen LogP contribution in [0.25, 0.3) is 0 Å². The van der Waals surface area contributed by atoms with Crippen LogP contribution in [-0.2, 0) is 6.54 Å². The fourth-order valence-corrected chi connectivity index (χ4v) is 2.55. The zero-order valence-electron chi connectivity index (χ0n) is 11.7. The molecule has 1 aromatic heterocycles. The van der Waals surface area contributed by atoms with Gasteiger partial charge in [0.25, 0.3) is 0 Å². The molecule has 5 nitrogen and oxygen atoms in total. The predicted octanol–water partition coefficient (Wildman–Crippen LogP) is 1.59. The van der Waals surface area contributed by atoms with Crippen molar-refractivity contribution in [2.45, 2.75) is 37.8 Å². The molecule has 0 aliphatic heterocycles. The minimum absolute atomic E-state index is 0.558. The highest BCUT2D eigenvalue weighted by atomic mass is 16.3. The molecule has 0 spiro atoms. The number of hydrogen-bond acceptors (Lipinski definition) is 3. The van der Waals surface area contributed by atoms with E-state index in [0.29, 0.717) is 13.1 Å². The van der Waals surface area contributed by atoms with Crippen molar-refractivity contribution in [3.05, 3.63) is 24.2 Å². The van der Waals surface area contributed by atoms with E-state index in [1.807, 2.05) is 24.1 Å². The molecular weight excluding hydrogens is 242 g/mol. The van der Waals surface area contributed by atoms with E-state index in [2.05, 4.69) is 10.3 Å². The van der Waals surface area contributed by atoms with E-state index in [0.717, 1.165) is 37.4 Å². The van der Waals surface area contributed by atoms with Crippen molar-refractivity contribution in [1.82, 2.24) is 10.2 Å². The van der Waals surface area contributed by atoms with Crippen molar-refractivity contribution in [3.8, 4) is 0 Å². The molecule has 0 amide bonds. The Kier molecular flexibility index (Phi) is 4.47. The maximum absolute atomic E-state index is 10.3. The lowest BCUT2D eigenvalue weighted by atomic mass is 10.0. The fraction of sp³-hybridized carbons (Fsp3) is 0.643. The monoisotopic (exact) mass is 265 g/mol. The molecule has 5 heteroatoms. The molecule has 2 N–H and O–H groups in total. The Labute approximate surface area is 114 Å². The zero-order chi connectivity index (χ0) is 13.7. The SMILES string of the molecule is CN=C(NCC1(O)CCCC1)N(C)Cc1ccco1.